The van der Waals surface area contributed by atoms with E-state index in [1.54, 1.807) is 16.0 Å². The molecule has 0 aromatic carbocycles. The average molecular weight is 581 g/mol. The Kier molecular flexibility index (Phi) is 12.9. The average Bonchev–Trinajstić information content (AvgIpc) is 3.25. The number of hydrogen-bond donors (Lipinski definition) is 1. The SMILES string of the molecule is CCCOCCC.CCCc1nn(C)c2c(=O)[nH]c(N(CC3CCCCC3)CC3CCN(S(C)(=O)=O)CC3)nc12. The van der Waals surface area contributed by atoms with Crippen LogP contribution < -0.4 is 10.5 Å². The van der Waals surface area contributed by atoms with Crippen LogP contribution in [0.2, 0.25) is 0 Å². The van der Waals surface area contributed by atoms with E-state index in [4.69, 9.17) is 9.72 Å². The third-order valence-electron chi connectivity index (χ3n) is 7.96. The summed E-state index contributed by atoms with van der Waals surface area (Å²) >= 11 is 0. The Morgan fingerprint density at radius 2 is 1.55 bits per heavy atom. The van der Waals surface area contributed by atoms with Crippen LogP contribution in [-0.2, 0) is 28.2 Å². The summed E-state index contributed by atoms with van der Waals surface area (Å²) in [7, 11) is -1.34. The van der Waals surface area contributed by atoms with Crippen molar-refractivity contribution in [2.24, 2.45) is 18.9 Å². The van der Waals surface area contributed by atoms with Crippen molar-refractivity contribution in [2.75, 3.05) is 50.5 Å². The van der Waals surface area contributed by atoms with Crippen LogP contribution in [0.4, 0.5) is 5.95 Å². The minimum absolute atomic E-state index is 0.145. The van der Waals surface area contributed by atoms with Crippen molar-refractivity contribution in [1.29, 1.82) is 0 Å². The molecule has 2 fully saturated rings. The molecule has 11 heteroatoms. The van der Waals surface area contributed by atoms with Gasteiger partial charge in [0.2, 0.25) is 16.0 Å². The number of ether oxygens (including phenoxy) is 1. The Labute approximate surface area is 240 Å². The Hall–Kier alpha value is -1.98. The van der Waals surface area contributed by atoms with Crippen LogP contribution in [0.1, 0.15) is 90.7 Å². The molecule has 228 valence electrons. The second-order valence-electron chi connectivity index (χ2n) is 11.5. The van der Waals surface area contributed by atoms with Crippen LogP contribution >= 0.6 is 0 Å². The van der Waals surface area contributed by atoms with Crippen LogP contribution in [-0.4, -0.2) is 78.1 Å². The molecule has 4 rings (SSSR count). The monoisotopic (exact) mass is 580 g/mol. The van der Waals surface area contributed by atoms with Gasteiger partial charge in [0.1, 0.15) is 5.52 Å². The highest BCUT2D eigenvalue weighted by molar-refractivity contribution is 7.88. The van der Waals surface area contributed by atoms with Crippen LogP contribution in [0, 0.1) is 11.8 Å². The van der Waals surface area contributed by atoms with E-state index < -0.39 is 10.0 Å². The van der Waals surface area contributed by atoms with Gasteiger partial charge in [-0.3, -0.25) is 14.5 Å². The second-order valence-corrected chi connectivity index (χ2v) is 13.5. The zero-order valence-electron chi connectivity index (χ0n) is 25.5. The zero-order valence-corrected chi connectivity index (χ0v) is 26.3. The normalized spacial score (nSPS) is 17.6. The molecule has 0 unspecified atom stereocenters. The van der Waals surface area contributed by atoms with Gasteiger partial charge in [0.15, 0.2) is 5.52 Å². The lowest BCUT2D eigenvalue weighted by atomic mass is 9.88. The highest BCUT2D eigenvalue weighted by Gasteiger charge is 2.28. The van der Waals surface area contributed by atoms with Crippen LogP contribution in [0.15, 0.2) is 4.79 Å². The third kappa shape index (κ3) is 9.27. The van der Waals surface area contributed by atoms with Gasteiger partial charge in [-0.1, -0.05) is 46.5 Å². The number of aromatic nitrogens is 4. The number of hydrogen-bond acceptors (Lipinski definition) is 7. The quantitative estimate of drug-likeness (QED) is 0.368. The fraction of sp³-hybridized carbons (Fsp3) is 0.828. The first kappa shape index (κ1) is 32.5. The number of aromatic amines is 1. The Morgan fingerprint density at radius 3 is 2.10 bits per heavy atom. The largest absolute Gasteiger partial charge is 0.381 e. The molecule has 0 atom stereocenters. The molecule has 1 N–H and O–H groups in total. The van der Waals surface area contributed by atoms with E-state index in [-0.39, 0.29) is 5.56 Å². The molecule has 0 radical (unpaired) electrons. The lowest BCUT2D eigenvalue weighted by Gasteiger charge is -2.36. The highest BCUT2D eigenvalue weighted by Crippen LogP contribution is 2.28. The van der Waals surface area contributed by atoms with E-state index in [9.17, 15) is 13.2 Å². The van der Waals surface area contributed by atoms with Crippen LogP contribution in [0.25, 0.3) is 11.0 Å². The summed E-state index contributed by atoms with van der Waals surface area (Å²) in [6.45, 7) is 11.0. The smallest absolute Gasteiger partial charge is 0.278 e. The Morgan fingerprint density at radius 1 is 0.950 bits per heavy atom. The first-order valence-corrected chi connectivity index (χ1v) is 17.3. The minimum Gasteiger partial charge on any atom is -0.381 e. The van der Waals surface area contributed by atoms with Gasteiger partial charge in [-0.2, -0.15) is 5.10 Å². The van der Waals surface area contributed by atoms with Gasteiger partial charge in [-0.15, -0.1) is 0 Å². The molecule has 2 aromatic rings. The van der Waals surface area contributed by atoms with Crippen molar-refractivity contribution in [3.63, 3.8) is 0 Å². The standard InChI is InChI=1S/C23H38N6O3S.C6H14O/c1-4-8-19-20-21(27(2)26-19)22(30)25-23(24-20)28(15-17-9-6-5-7-10-17)16-18-11-13-29(14-12-18)33(3,31)32;1-3-5-7-6-4-2/h17-18H,4-16H2,1-3H3,(H,24,25,30);3-6H2,1-2H3. The molecule has 0 amide bonds. The van der Waals surface area contributed by atoms with Crippen molar-refractivity contribution in [3.05, 3.63) is 16.0 Å². The molecule has 1 aliphatic heterocycles. The highest BCUT2D eigenvalue weighted by atomic mass is 32.2. The number of piperidine rings is 1. The second kappa shape index (κ2) is 15.9. The fourth-order valence-electron chi connectivity index (χ4n) is 5.84. The van der Waals surface area contributed by atoms with Crippen LogP contribution in [0.5, 0.6) is 0 Å². The van der Waals surface area contributed by atoms with Crippen molar-refractivity contribution in [3.8, 4) is 0 Å². The van der Waals surface area contributed by atoms with Gasteiger partial charge < -0.3 is 9.64 Å². The summed E-state index contributed by atoms with van der Waals surface area (Å²) in [5.41, 5.74) is 1.97. The van der Waals surface area contributed by atoms with E-state index in [0.29, 0.717) is 41.9 Å². The summed E-state index contributed by atoms with van der Waals surface area (Å²) < 4.78 is 32.2. The van der Waals surface area contributed by atoms with Gasteiger partial charge >= 0.3 is 0 Å². The molecular weight excluding hydrogens is 528 g/mol. The molecule has 1 aliphatic carbocycles. The molecule has 1 saturated heterocycles. The summed E-state index contributed by atoms with van der Waals surface area (Å²) in [6, 6.07) is 0. The molecular formula is C29H52N6O4S. The molecule has 0 bridgehead atoms. The lowest BCUT2D eigenvalue weighted by molar-refractivity contribution is 0.135. The summed E-state index contributed by atoms with van der Waals surface area (Å²) in [6.07, 6.45) is 13.2. The predicted octanol–water partition coefficient (Wildman–Crippen LogP) is 4.49. The van der Waals surface area contributed by atoms with E-state index in [1.165, 1.54) is 38.4 Å². The molecule has 10 nitrogen and oxygen atoms in total. The summed E-state index contributed by atoms with van der Waals surface area (Å²) in [5, 5.41) is 4.56. The number of H-pyrrole nitrogens is 1. The first-order valence-electron chi connectivity index (χ1n) is 15.4. The number of anilines is 1. The Balaban J connectivity index is 0.000000559. The molecule has 2 aliphatic rings. The maximum Gasteiger partial charge on any atom is 0.278 e. The minimum atomic E-state index is -3.14. The fourth-order valence-corrected chi connectivity index (χ4v) is 6.72. The number of sulfonamides is 1. The van der Waals surface area contributed by atoms with Gasteiger partial charge in [0, 0.05) is 46.4 Å². The van der Waals surface area contributed by atoms with Crippen LogP contribution in [0.3, 0.4) is 0 Å². The first-order chi connectivity index (χ1) is 19.2. The number of rotatable bonds is 12. The maximum absolute atomic E-state index is 13.0. The third-order valence-corrected chi connectivity index (χ3v) is 9.26. The molecule has 2 aromatic heterocycles. The number of aryl methyl sites for hydroxylation is 2. The van der Waals surface area contributed by atoms with Crippen molar-refractivity contribution in [2.45, 2.75) is 91.4 Å². The van der Waals surface area contributed by atoms with E-state index in [0.717, 1.165) is 70.5 Å². The zero-order chi connectivity index (χ0) is 29.1. The van der Waals surface area contributed by atoms with Crippen molar-refractivity contribution in [1.82, 2.24) is 24.1 Å². The van der Waals surface area contributed by atoms with Crippen molar-refractivity contribution >= 4 is 27.0 Å². The topological polar surface area (TPSA) is 113 Å². The van der Waals surface area contributed by atoms with E-state index >= 15 is 0 Å². The van der Waals surface area contributed by atoms with E-state index in [1.807, 2.05) is 0 Å². The number of nitrogens with one attached hydrogen (secondary N) is 1. The molecule has 0 spiro atoms. The summed E-state index contributed by atoms with van der Waals surface area (Å²) in [5.74, 6) is 1.60. The maximum atomic E-state index is 13.0. The number of fused-ring (bicyclic) bond motifs is 1. The van der Waals surface area contributed by atoms with Gasteiger partial charge in [-0.05, 0) is 56.8 Å². The molecule has 3 heterocycles. The Bertz CT molecular complexity index is 1190. The van der Waals surface area contributed by atoms with Gasteiger partial charge in [0.05, 0.1) is 11.9 Å². The summed E-state index contributed by atoms with van der Waals surface area (Å²) in [4.78, 5) is 23.3. The molecule has 1 saturated carbocycles. The molecule has 40 heavy (non-hydrogen) atoms. The van der Waals surface area contributed by atoms with E-state index in [2.05, 4.69) is 35.8 Å². The van der Waals surface area contributed by atoms with Gasteiger partial charge in [-0.25, -0.2) is 17.7 Å². The van der Waals surface area contributed by atoms with Crippen molar-refractivity contribution < 1.29 is 13.2 Å². The predicted molar refractivity (Wildman–Crippen MR) is 162 cm³/mol. The lowest BCUT2D eigenvalue weighted by Crippen LogP contribution is -2.43. The van der Waals surface area contributed by atoms with Gasteiger partial charge in [0.25, 0.3) is 5.56 Å². The number of nitrogens with zero attached hydrogens (tertiary/aromatic N) is 5.